The molecule has 1 aromatic carbocycles. The predicted molar refractivity (Wildman–Crippen MR) is 63.0 cm³/mol. The van der Waals surface area contributed by atoms with Crippen molar-refractivity contribution in [2.24, 2.45) is 0 Å². The summed E-state index contributed by atoms with van der Waals surface area (Å²) in [6.07, 6.45) is -1.85. The lowest BCUT2D eigenvalue weighted by molar-refractivity contribution is -0.137. The van der Waals surface area contributed by atoms with Crippen molar-refractivity contribution in [1.29, 1.82) is 0 Å². The van der Waals surface area contributed by atoms with Gasteiger partial charge < -0.3 is 5.73 Å². The van der Waals surface area contributed by atoms with E-state index < -0.39 is 11.7 Å². The standard InChI is InChI=1S/C10H6Cl2F3N3/c11-6-1-5(10(13,14)15)2-7(12)9(6)18-4-17-3-8(18)16/h1-4H,16H2. The number of alkyl halides is 3. The first-order chi connectivity index (χ1) is 8.30. The van der Waals surface area contributed by atoms with Gasteiger partial charge in [-0.2, -0.15) is 13.2 Å². The quantitative estimate of drug-likeness (QED) is 0.870. The van der Waals surface area contributed by atoms with Gasteiger partial charge in [0.2, 0.25) is 0 Å². The van der Waals surface area contributed by atoms with Crippen molar-refractivity contribution >= 4 is 29.0 Å². The fourth-order valence-corrected chi connectivity index (χ4v) is 2.12. The highest BCUT2D eigenvalue weighted by Gasteiger charge is 2.32. The van der Waals surface area contributed by atoms with Crippen molar-refractivity contribution < 1.29 is 13.2 Å². The molecule has 0 aliphatic heterocycles. The maximum absolute atomic E-state index is 12.5. The average molecular weight is 296 g/mol. The number of nitrogen functional groups attached to an aromatic ring is 1. The number of anilines is 1. The molecule has 2 N–H and O–H groups in total. The molecule has 2 rings (SSSR count). The lowest BCUT2D eigenvalue weighted by atomic mass is 10.2. The first kappa shape index (κ1) is 13.0. The fraction of sp³-hybridized carbons (Fsp3) is 0.100. The molecule has 0 saturated heterocycles. The van der Waals surface area contributed by atoms with Crippen LogP contribution in [0.3, 0.4) is 0 Å². The normalized spacial score (nSPS) is 11.8. The molecule has 0 aliphatic carbocycles. The van der Waals surface area contributed by atoms with Gasteiger partial charge in [-0.15, -0.1) is 0 Å². The predicted octanol–water partition coefficient (Wildman–Crippen LogP) is 3.78. The third kappa shape index (κ3) is 2.26. The highest BCUT2D eigenvalue weighted by molar-refractivity contribution is 6.38. The van der Waals surface area contributed by atoms with Crippen LogP contribution in [0, 0.1) is 0 Å². The van der Waals surface area contributed by atoms with Gasteiger partial charge in [0.1, 0.15) is 12.1 Å². The van der Waals surface area contributed by atoms with Crippen molar-refractivity contribution in [1.82, 2.24) is 9.55 Å². The van der Waals surface area contributed by atoms with Crippen LogP contribution in [0.15, 0.2) is 24.7 Å². The zero-order chi connectivity index (χ0) is 13.5. The minimum Gasteiger partial charge on any atom is -0.383 e. The maximum atomic E-state index is 12.5. The Balaban J connectivity index is 2.62. The van der Waals surface area contributed by atoms with E-state index in [9.17, 15) is 13.2 Å². The molecule has 0 unspecified atom stereocenters. The topological polar surface area (TPSA) is 43.8 Å². The van der Waals surface area contributed by atoms with Crippen LogP contribution in [-0.4, -0.2) is 9.55 Å². The molecule has 0 atom stereocenters. The van der Waals surface area contributed by atoms with E-state index in [2.05, 4.69) is 4.98 Å². The van der Waals surface area contributed by atoms with Gasteiger partial charge in [-0.05, 0) is 12.1 Å². The molecule has 1 heterocycles. The Kier molecular flexibility index (Phi) is 3.16. The van der Waals surface area contributed by atoms with Gasteiger partial charge in [0.25, 0.3) is 0 Å². The van der Waals surface area contributed by atoms with Crippen LogP contribution in [0.2, 0.25) is 10.0 Å². The molecule has 8 heteroatoms. The number of nitrogens with zero attached hydrogens (tertiary/aromatic N) is 2. The molecular formula is C10H6Cl2F3N3. The molecule has 3 nitrogen and oxygen atoms in total. The van der Waals surface area contributed by atoms with Crippen LogP contribution >= 0.6 is 23.2 Å². The first-order valence-corrected chi connectivity index (χ1v) is 5.40. The second-order valence-electron chi connectivity index (χ2n) is 3.47. The second-order valence-corrected chi connectivity index (χ2v) is 4.29. The van der Waals surface area contributed by atoms with E-state index in [1.807, 2.05) is 0 Å². The van der Waals surface area contributed by atoms with E-state index in [0.717, 1.165) is 12.1 Å². The van der Waals surface area contributed by atoms with Gasteiger partial charge >= 0.3 is 6.18 Å². The van der Waals surface area contributed by atoms with Crippen LogP contribution < -0.4 is 5.73 Å². The Labute approximate surface area is 110 Å². The number of imidazole rings is 1. The Morgan fingerprint density at radius 3 is 2.11 bits per heavy atom. The number of benzene rings is 1. The largest absolute Gasteiger partial charge is 0.416 e. The van der Waals surface area contributed by atoms with Crippen molar-refractivity contribution in [3.8, 4) is 5.69 Å². The van der Waals surface area contributed by atoms with E-state index >= 15 is 0 Å². The molecule has 0 saturated carbocycles. The molecule has 18 heavy (non-hydrogen) atoms. The lowest BCUT2D eigenvalue weighted by Crippen LogP contribution is -2.07. The van der Waals surface area contributed by atoms with E-state index in [-0.39, 0.29) is 21.6 Å². The van der Waals surface area contributed by atoms with Gasteiger partial charge in [0.15, 0.2) is 0 Å². The first-order valence-electron chi connectivity index (χ1n) is 4.65. The SMILES string of the molecule is Nc1cncn1-c1c(Cl)cc(C(F)(F)F)cc1Cl. The Hall–Kier alpha value is -1.40. The highest BCUT2D eigenvalue weighted by atomic mass is 35.5. The van der Waals surface area contributed by atoms with Crippen LogP contribution in [0.4, 0.5) is 19.0 Å². The van der Waals surface area contributed by atoms with E-state index in [4.69, 9.17) is 28.9 Å². The number of halogens is 5. The summed E-state index contributed by atoms with van der Waals surface area (Å²) in [4.78, 5) is 3.75. The third-order valence-electron chi connectivity index (χ3n) is 2.25. The molecule has 2 aromatic rings. The number of hydrogen-bond donors (Lipinski definition) is 1. The zero-order valence-electron chi connectivity index (χ0n) is 8.67. The van der Waals surface area contributed by atoms with E-state index in [1.54, 1.807) is 0 Å². The summed E-state index contributed by atoms with van der Waals surface area (Å²) in [5, 5.41) is -0.306. The second kappa shape index (κ2) is 4.37. The number of hydrogen-bond acceptors (Lipinski definition) is 2. The van der Waals surface area contributed by atoms with Crippen molar-refractivity contribution in [3.63, 3.8) is 0 Å². The third-order valence-corrected chi connectivity index (χ3v) is 2.83. The van der Waals surface area contributed by atoms with Crippen LogP contribution in [0.5, 0.6) is 0 Å². The molecule has 96 valence electrons. The van der Waals surface area contributed by atoms with Crippen LogP contribution in [0.1, 0.15) is 5.56 Å². The van der Waals surface area contributed by atoms with E-state index in [0.29, 0.717) is 0 Å². The van der Waals surface area contributed by atoms with Gasteiger partial charge in [-0.1, -0.05) is 23.2 Å². The van der Waals surface area contributed by atoms with E-state index in [1.165, 1.54) is 17.1 Å². The molecule has 0 aliphatic rings. The van der Waals surface area contributed by atoms with Crippen molar-refractivity contribution in [3.05, 3.63) is 40.3 Å². The summed E-state index contributed by atoms with van der Waals surface area (Å²) in [6, 6.07) is 1.59. The molecule has 0 spiro atoms. The molecule has 0 amide bonds. The fourth-order valence-electron chi connectivity index (χ4n) is 1.45. The number of nitrogens with two attached hydrogens (primary N) is 1. The van der Waals surface area contributed by atoms with Crippen LogP contribution in [0.25, 0.3) is 5.69 Å². The maximum Gasteiger partial charge on any atom is 0.416 e. The van der Waals surface area contributed by atoms with Gasteiger partial charge in [0, 0.05) is 0 Å². The van der Waals surface area contributed by atoms with Gasteiger partial charge in [-0.25, -0.2) is 4.98 Å². The number of rotatable bonds is 1. The smallest absolute Gasteiger partial charge is 0.383 e. The Morgan fingerprint density at radius 1 is 1.17 bits per heavy atom. The van der Waals surface area contributed by atoms with Crippen LogP contribution in [-0.2, 0) is 6.18 Å². The Morgan fingerprint density at radius 2 is 1.72 bits per heavy atom. The molecule has 0 radical (unpaired) electrons. The Bertz CT molecular complexity index is 569. The lowest BCUT2D eigenvalue weighted by Gasteiger charge is -2.13. The molecule has 0 fully saturated rings. The summed E-state index contributed by atoms with van der Waals surface area (Å²) in [5.41, 5.74) is 4.85. The zero-order valence-corrected chi connectivity index (χ0v) is 10.2. The minimum absolute atomic E-state index is 0.153. The average Bonchev–Trinajstić information content (AvgIpc) is 2.62. The number of aromatic nitrogens is 2. The summed E-state index contributed by atoms with van der Waals surface area (Å²) >= 11 is 11.6. The van der Waals surface area contributed by atoms with Crippen molar-refractivity contribution in [2.45, 2.75) is 6.18 Å². The molecule has 1 aromatic heterocycles. The van der Waals surface area contributed by atoms with Crippen molar-refractivity contribution in [2.75, 3.05) is 5.73 Å². The van der Waals surface area contributed by atoms with Gasteiger partial charge in [-0.3, -0.25) is 4.57 Å². The molecular weight excluding hydrogens is 290 g/mol. The minimum atomic E-state index is -4.51. The highest BCUT2D eigenvalue weighted by Crippen LogP contribution is 2.37. The molecule has 0 bridgehead atoms. The summed E-state index contributed by atoms with van der Waals surface area (Å²) in [6.45, 7) is 0. The summed E-state index contributed by atoms with van der Waals surface area (Å²) < 4.78 is 38.9. The monoisotopic (exact) mass is 295 g/mol. The van der Waals surface area contributed by atoms with Gasteiger partial charge in [0.05, 0.1) is 27.5 Å². The summed E-state index contributed by atoms with van der Waals surface area (Å²) in [7, 11) is 0. The summed E-state index contributed by atoms with van der Waals surface area (Å²) in [5.74, 6) is 0.221.